The van der Waals surface area contributed by atoms with Crippen molar-refractivity contribution in [3.63, 3.8) is 0 Å². The van der Waals surface area contributed by atoms with E-state index in [0.29, 0.717) is 33.3 Å². The van der Waals surface area contributed by atoms with Crippen molar-refractivity contribution >= 4 is 92.1 Å². The first-order chi connectivity index (χ1) is 25.0. The van der Waals surface area contributed by atoms with Crippen molar-refractivity contribution < 1.29 is 30.7 Å². The van der Waals surface area contributed by atoms with Gasteiger partial charge in [0, 0.05) is 89.7 Å². The number of anilines is 2. The molecule has 2 fully saturated rings. The Morgan fingerprint density at radius 3 is 1.32 bits per heavy atom. The summed E-state index contributed by atoms with van der Waals surface area (Å²) in [7, 11) is 4.29. The van der Waals surface area contributed by atoms with Crippen LogP contribution < -0.4 is 9.80 Å². The van der Waals surface area contributed by atoms with Crippen LogP contribution in [0.5, 0.6) is 0 Å². The number of benzene rings is 2. The molecule has 0 bridgehead atoms. The van der Waals surface area contributed by atoms with Gasteiger partial charge in [-0.2, -0.15) is 10.2 Å². The SMILES string of the molecule is CS/C([S-])=N/N=C1/C(=O)N(CCN2CCN(C)CC2)c2ccc(C)cc21.CS/C([S-])=N/N=C1/C(=O)N(CCN2CCN(C)CC2)c2ccc(C)cc21.[Pt+2]. The first-order valence-corrected chi connectivity index (χ1v) is 20.7. The van der Waals surface area contributed by atoms with E-state index in [1.165, 1.54) is 23.5 Å². The molecule has 0 atom stereocenters. The fourth-order valence-electron chi connectivity index (χ4n) is 6.38. The molecule has 0 aliphatic carbocycles. The number of amides is 2. The van der Waals surface area contributed by atoms with Gasteiger partial charge >= 0.3 is 21.1 Å². The van der Waals surface area contributed by atoms with Crippen molar-refractivity contribution in [1.82, 2.24) is 19.6 Å². The van der Waals surface area contributed by atoms with Crippen LogP contribution in [0.3, 0.4) is 0 Å². The van der Waals surface area contributed by atoms with Crippen molar-refractivity contribution in [2.75, 3.05) is 115 Å². The summed E-state index contributed by atoms with van der Waals surface area (Å²) in [5.41, 5.74) is 6.49. The van der Waals surface area contributed by atoms with E-state index >= 15 is 0 Å². The van der Waals surface area contributed by atoms with Crippen LogP contribution in [-0.4, -0.2) is 157 Å². The average Bonchev–Trinajstić information content (AvgIpc) is 3.55. The van der Waals surface area contributed by atoms with Crippen molar-refractivity contribution in [2.45, 2.75) is 13.8 Å². The minimum absolute atomic E-state index is 0. The summed E-state index contributed by atoms with van der Waals surface area (Å²) in [5.74, 6) is -0.181. The molecule has 2 saturated heterocycles. The largest absolute Gasteiger partial charge is 2.00 e. The van der Waals surface area contributed by atoms with Gasteiger partial charge in [0.1, 0.15) is 0 Å². The van der Waals surface area contributed by atoms with Crippen LogP contribution in [-0.2, 0) is 55.9 Å². The van der Waals surface area contributed by atoms with Crippen LogP contribution in [0.15, 0.2) is 56.8 Å². The molecule has 6 rings (SSSR count). The predicted molar refractivity (Wildman–Crippen MR) is 225 cm³/mol. The zero-order valence-electron chi connectivity index (χ0n) is 31.2. The molecule has 288 valence electrons. The summed E-state index contributed by atoms with van der Waals surface area (Å²) >= 11 is 12.9. The standard InChI is InChI=1S/2C18H25N5OS2.Pt/c2*1-13-4-5-15-14(12-13)16(19-20-18(25)26-3)17(24)23(15)11-10-22-8-6-21(2)7-9-22;/h2*4-5,12H,6-11H2,1-3H3,(H,20,25);/q;;+2/p-2/b2*19-16+;. The smallest absolute Gasteiger partial charge is 0.752 e. The van der Waals surface area contributed by atoms with Gasteiger partial charge in [0.2, 0.25) is 0 Å². The van der Waals surface area contributed by atoms with Gasteiger partial charge in [-0.25, -0.2) is 0 Å². The van der Waals surface area contributed by atoms with Crippen LogP contribution in [0.1, 0.15) is 22.3 Å². The van der Waals surface area contributed by atoms with Gasteiger partial charge in [0.25, 0.3) is 11.8 Å². The van der Waals surface area contributed by atoms with Crippen molar-refractivity contribution in [3.05, 3.63) is 58.7 Å². The Kier molecular flexibility index (Phi) is 16.9. The van der Waals surface area contributed by atoms with Crippen molar-refractivity contribution in [2.24, 2.45) is 20.4 Å². The minimum atomic E-state index is -0.0904. The summed E-state index contributed by atoms with van der Waals surface area (Å²) in [6.07, 6.45) is 3.70. The van der Waals surface area contributed by atoms with Gasteiger partial charge in [0.15, 0.2) is 11.4 Å². The topological polar surface area (TPSA) is 103 Å². The maximum absolute atomic E-state index is 13.0. The second-order valence-electron chi connectivity index (χ2n) is 13.3. The van der Waals surface area contributed by atoms with Gasteiger partial charge < -0.3 is 44.9 Å². The van der Waals surface area contributed by atoms with Crippen molar-refractivity contribution in [1.29, 1.82) is 0 Å². The molecule has 2 aromatic carbocycles. The summed E-state index contributed by atoms with van der Waals surface area (Å²) in [6.45, 7) is 15.5. The Labute approximate surface area is 348 Å². The van der Waals surface area contributed by atoms with E-state index in [4.69, 9.17) is 25.3 Å². The minimum Gasteiger partial charge on any atom is -0.752 e. The van der Waals surface area contributed by atoms with Crippen molar-refractivity contribution in [3.8, 4) is 0 Å². The Bertz CT molecular complexity index is 1610. The molecule has 0 saturated carbocycles. The number of piperazine rings is 2. The molecule has 17 heteroatoms. The molecule has 2 aromatic rings. The molecule has 4 aliphatic heterocycles. The Morgan fingerprint density at radius 2 is 0.981 bits per heavy atom. The monoisotopic (exact) mass is 975 g/mol. The number of aryl methyl sites for hydroxylation is 2. The maximum Gasteiger partial charge on any atom is 2.00 e. The number of hydrogen-bond acceptors (Lipinski definition) is 14. The molecule has 4 aliphatic rings. The molecule has 0 unspecified atom stereocenters. The fourth-order valence-corrected chi connectivity index (χ4v) is 6.71. The number of nitrogens with zero attached hydrogens (tertiary/aromatic N) is 10. The zero-order valence-corrected chi connectivity index (χ0v) is 36.7. The number of hydrogen-bond donors (Lipinski definition) is 0. The molecule has 2 amide bonds. The number of fused-ring (bicyclic) bond motifs is 2. The second kappa shape index (κ2) is 20.6. The van der Waals surface area contributed by atoms with Crippen LogP contribution in [0.2, 0.25) is 0 Å². The molecule has 0 N–H and O–H groups in total. The van der Waals surface area contributed by atoms with Crippen LogP contribution >= 0.6 is 23.5 Å². The second-order valence-corrected chi connectivity index (χ2v) is 16.2. The number of carbonyl (C=O) groups excluding carboxylic acids is 2. The van der Waals surface area contributed by atoms with Gasteiger partial charge in [-0.05, 0) is 73.5 Å². The van der Waals surface area contributed by atoms with Crippen LogP contribution in [0, 0.1) is 13.8 Å². The Hall–Kier alpha value is -2.27. The number of thioether (sulfide) groups is 2. The number of likely N-dealkylation sites (N-methyl/N-ethyl adjacent to an activating group) is 2. The molecule has 12 nitrogen and oxygen atoms in total. The maximum atomic E-state index is 13.0. The van der Waals surface area contributed by atoms with E-state index in [1.54, 1.807) is 0 Å². The predicted octanol–water partition coefficient (Wildman–Crippen LogP) is 3.12. The van der Waals surface area contributed by atoms with E-state index in [2.05, 4.69) is 54.1 Å². The summed E-state index contributed by atoms with van der Waals surface area (Å²) in [4.78, 5) is 39.0. The first kappa shape index (κ1) is 43.5. The summed E-state index contributed by atoms with van der Waals surface area (Å²) in [6, 6.07) is 12.1. The van der Waals surface area contributed by atoms with Gasteiger partial charge in [-0.1, -0.05) is 23.3 Å². The Morgan fingerprint density at radius 1 is 0.623 bits per heavy atom. The molecule has 4 heterocycles. The molecule has 0 spiro atoms. The molecular weight excluding hydrogens is 928 g/mol. The fraction of sp³-hybridized carbons (Fsp3) is 0.500. The van der Waals surface area contributed by atoms with Gasteiger partial charge in [0.05, 0.1) is 11.4 Å². The third kappa shape index (κ3) is 11.4. The Balaban J connectivity index is 0.000000232. The third-order valence-electron chi connectivity index (χ3n) is 9.58. The van der Waals surface area contributed by atoms with Crippen LogP contribution in [0.4, 0.5) is 11.4 Å². The average molecular weight is 976 g/mol. The van der Waals surface area contributed by atoms with E-state index in [1.807, 2.05) is 72.6 Å². The summed E-state index contributed by atoms with van der Waals surface area (Å²) < 4.78 is 0.853. The zero-order chi connectivity index (χ0) is 37.4. The number of rotatable bonds is 8. The van der Waals surface area contributed by atoms with E-state index < -0.39 is 0 Å². The van der Waals surface area contributed by atoms with E-state index in [0.717, 1.165) is 99.1 Å². The third-order valence-corrected chi connectivity index (χ3v) is 11.6. The molecule has 0 radical (unpaired) electrons. The van der Waals surface area contributed by atoms with Gasteiger partial charge in [-0.15, -0.1) is 33.7 Å². The van der Waals surface area contributed by atoms with E-state index in [-0.39, 0.29) is 32.9 Å². The number of carbonyl (C=O) groups is 2. The normalized spacial score (nSPS) is 20.5. The molecule has 0 aromatic heterocycles. The summed E-state index contributed by atoms with van der Waals surface area (Å²) in [5, 5.41) is 16.4. The molecular formula is C36H48N10O2PtS4. The quantitative estimate of drug-likeness (QED) is 0.170. The first-order valence-electron chi connectivity index (χ1n) is 17.4. The van der Waals surface area contributed by atoms with Crippen LogP contribution in [0.25, 0.3) is 0 Å². The van der Waals surface area contributed by atoms with Gasteiger partial charge in [-0.3, -0.25) is 19.4 Å². The molecule has 53 heavy (non-hydrogen) atoms. The van der Waals surface area contributed by atoms with E-state index in [9.17, 15) is 9.59 Å².